The van der Waals surface area contributed by atoms with Gasteiger partial charge >= 0.3 is 5.97 Å². The quantitative estimate of drug-likeness (QED) is 0.468. The third kappa shape index (κ3) is 6.01. The van der Waals surface area contributed by atoms with Crippen LogP contribution < -0.4 is 16.1 Å². The number of hydrazine groups is 1. The van der Waals surface area contributed by atoms with Crippen LogP contribution in [0.1, 0.15) is 70.7 Å². The number of amides is 3. The number of benzene rings is 1. The number of cyclic esters (lactones) is 1. The lowest BCUT2D eigenvalue weighted by atomic mass is 9.92. The zero-order valence-corrected chi connectivity index (χ0v) is 23.4. The molecule has 4 unspecified atom stereocenters. The van der Waals surface area contributed by atoms with Gasteiger partial charge in [0.2, 0.25) is 5.91 Å². The van der Waals surface area contributed by atoms with Gasteiger partial charge in [0.25, 0.3) is 11.8 Å². The van der Waals surface area contributed by atoms with Gasteiger partial charge < -0.3 is 15.4 Å². The van der Waals surface area contributed by atoms with Gasteiger partial charge in [0.1, 0.15) is 12.1 Å². The number of pyridine rings is 1. The van der Waals surface area contributed by atoms with Crippen LogP contribution >= 0.6 is 0 Å². The van der Waals surface area contributed by atoms with E-state index in [1.165, 1.54) is 5.01 Å². The van der Waals surface area contributed by atoms with Gasteiger partial charge in [0.15, 0.2) is 6.10 Å². The largest absolute Gasteiger partial charge is 0.451 e. The number of ether oxygens (including phenoxy) is 1. The molecule has 0 radical (unpaired) electrons. The summed E-state index contributed by atoms with van der Waals surface area (Å²) in [6, 6.07) is 7.87. The van der Waals surface area contributed by atoms with Crippen LogP contribution in [0.15, 0.2) is 36.4 Å². The van der Waals surface area contributed by atoms with Crippen LogP contribution in [0.4, 0.5) is 0 Å². The molecule has 1 aliphatic carbocycles. The molecule has 3 amide bonds. The Morgan fingerprint density at radius 2 is 1.68 bits per heavy atom. The molecule has 10 heteroatoms. The van der Waals surface area contributed by atoms with Crippen molar-refractivity contribution in [3.63, 3.8) is 0 Å². The van der Waals surface area contributed by atoms with Crippen molar-refractivity contribution in [3.8, 4) is 0 Å². The Morgan fingerprint density at radius 1 is 0.950 bits per heavy atom. The van der Waals surface area contributed by atoms with Crippen molar-refractivity contribution < 1.29 is 23.9 Å². The minimum Gasteiger partial charge on any atom is -0.451 e. The van der Waals surface area contributed by atoms with Crippen LogP contribution in [0.5, 0.6) is 0 Å². The third-order valence-electron chi connectivity index (χ3n) is 7.80. The molecule has 3 heterocycles. The molecule has 40 heavy (non-hydrogen) atoms. The minimum atomic E-state index is -0.997. The van der Waals surface area contributed by atoms with E-state index in [1.54, 1.807) is 26.8 Å². The number of aromatic nitrogens is 1. The van der Waals surface area contributed by atoms with Crippen LogP contribution in [0.25, 0.3) is 17.0 Å². The van der Waals surface area contributed by atoms with Crippen molar-refractivity contribution >= 4 is 40.7 Å². The highest BCUT2D eigenvalue weighted by Crippen LogP contribution is 2.36. The molecular weight excluding hydrogens is 510 g/mol. The molecule has 3 aliphatic rings. The van der Waals surface area contributed by atoms with Crippen molar-refractivity contribution in [2.24, 2.45) is 11.3 Å². The van der Waals surface area contributed by atoms with E-state index in [1.807, 2.05) is 43.3 Å². The molecule has 5 bridgehead atoms. The number of nitrogens with zero attached hydrogens (tertiary/aromatic N) is 2. The summed E-state index contributed by atoms with van der Waals surface area (Å²) >= 11 is 0. The fourth-order valence-electron chi connectivity index (χ4n) is 5.01. The normalized spacial score (nSPS) is 28.1. The highest BCUT2D eigenvalue weighted by Gasteiger charge is 2.42. The van der Waals surface area contributed by atoms with Crippen LogP contribution in [-0.2, 0) is 23.9 Å². The first-order chi connectivity index (χ1) is 19.0. The summed E-state index contributed by atoms with van der Waals surface area (Å²) < 4.78 is 5.76. The van der Waals surface area contributed by atoms with Crippen molar-refractivity contribution in [3.05, 3.63) is 47.7 Å². The third-order valence-corrected chi connectivity index (χ3v) is 7.80. The first kappa shape index (κ1) is 27.8. The SMILES string of the molecule is CC1NC(=O)C(C2CC2)OC(=O)C(C)(C)C=Cc2ccc3ccc(nc3c2)C(C)NC(=O)C2CCCN(N2)C1=O. The summed E-state index contributed by atoms with van der Waals surface area (Å²) in [6.07, 6.45) is 5.39. The maximum Gasteiger partial charge on any atom is 0.316 e. The summed E-state index contributed by atoms with van der Waals surface area (Å²) in [5.74, 6) is -1.66. The topological polar surface area (TPSA) is 130 Å². The van der Waals surface area contributed by atoms with E-state index in [2.05, 4.69) is 16.1 Å². The van der Waals surface area contributed by atoms with Crippen LogP contribution in [0.2, 0.25) is 0 Å². The van der Waals surface area contributed by atoms with E-state index < -0.39 is 35.5 Å². The van der Waals surface area contributed by atoms with Crippen molar-refractivity contribution in [1.82, 2.24) is 26.1 Å². The lowest BCUT2D eigenvalue weighted by Crippen LogP contribution is -2.61. The zero-order chi connectivity index (χ0) is 28.6. The molecule has 5 rings (SSSR count). The number of nitrogens with one attached hydrogen (secondary N) is 3. The smallest absolute Gasteiger partial charge is 0.316 e. The zero-order valence-electron chi connectivity index (χ0n) is 23.4. The number of hydrogen-bond acceptors (Lipinski definition) is 7. The second kappa shape index (κ2) is 11.0. The number of esters is 1. The Hall–Kier alpha value is -3.79. The average Bonchev–Trinajstić information content (AvgIpc) is 3.78. The fourth-order valence-corrected chi connectivity index (χ4v) is 5.01. The lowest BCUT2D eigenvalue weighted by Gasteiger charge is -2.35. The van der Waals surface area contributed by atoms with E-state index >= 15 is 0 Å². The molecule has 1 aromatic carbocycles. The molecule has 4 atom stereocenters. The van der Waals surface area contributed by atoms with Gasteiger partial charge in [-0.05, 0) is 71.1 Å². The maximum absolute atomic E-state index is 13.2. The molecular formula is C30H37N5O5. The number of hydrogen-bond donors (Lipinski definition) is 3. The van der Waals surface area contributed by atoms with Crippen molar-refractivity contribution in [2.45, 2.75) is 77.6 Å². The molecule has 10 nitrogen and oxygen atoms in total. The summed E-state index contributed by atoms with van der Waals surface area (Å²) in [6.45, 7) is 7.37. The average molecular weight is 548 g/mol. The molecule has 212 valence electrons. The standard InChI is InChI=1S/C30H37N5O5/c1-17-22-12-11-20-8-7-19(16-24(20)33-22)13-14-30(3,4)29(39)40-25(21-9-10-21)27(37)32-18(2)28(38)35-15-5-6-23(34-35)26(36)31-17/h7-8,11-14,16-18,21,23,25,34H,5-6,9-10,15H2,1-4H3,(H,31,36)(H,32,37). The van der Waals surface area contributed by atoms with Crippen LogP contribution in [0.3, 0.4) is 0 Å². The fraction of sp³-hybridized carbons (Fsp3) is 0.500. The lowest BCUT2D eigenvalue weighted by molar-refractivity contribution is -0.164. The van der Waals surface area contributed by atoms with E-state index in [-0.39, 0.29) is 23.8 Å². The summed E-state index contributed by atoms with van der Waals surface area (Å²) in [4.78, 5) is 57.6. The molecule has 3 N–H and O–H groups in total. The highest BCUT2D eigenvalue weighted by atomic mass is 16.6. The van der Waals surface area contributed by atoms with Gasteiger partial charge in [-0.15, -0.1) is 0 Å². The Balaban J connectivity index is 1.48. The molecule has 1 saturated heterocycles. The first-order valence-corrected chi connectivity index (χ1v) is 14.0. The van der Waals surface area contributed by atoms with E-state index in [9.17, 15) is 19.2 Å². The number of carbonyl (C=O) groups excluding carboxylic acids is 4. The van der Waals surface area contributed by atoms with Gasteiger partial charge in [0, 0.05) is 17.8 Å². The number of fused-ring (bicyclic) bond motifs is 4. The van der Waals surface area contributed by atoms with E-state index in [0.29, 0.717) is 25.1 Å². The van der Waals surface area contributed by atoms with Gasteiger partial charge in [-0.25, -0.2) is 5.43 Å². The molecule has 2 fully saturated rings. The van der Waals surface area contributed by atoms with E-state index in [0.717, 1.165) is 29.3 Å². The predicted octanol–water partition coefficient (Wildman–Crippen LogP) is 2.79. The van der Waals surface area contributed by atoms with Crippen molar-refractivity contribution in [2.75, 3.05) is 6.54 Å². The molecule has 1 aromatic heterocycles. The van der Waals surface area contributed by atoms with Gasteiger partial charge in [-0.1, -0.05) is 30.4 Å². The maximum atomic E-state index is 13.2. The summed E-state index contributed by atoms with van der Waals surface area (Å²) in [5, 5.41) is 8.10. The Bertz CT molecular complexity index is 1370. The highest BCUT2D eigenvalue weighted by molar-refractivity contribution is 5.92. The van der Waals surface area contributed by atoms with Crippen LogP contribution in [0, 0.1) is 11.3 Å². The Morgan fingerprint density at radius 3 is 2.42 bits per heavy atom. The predicted molar refractivity (Wildman–Crippen MR) is 149 cm³/mol. The number of carbonyl (C=O) groups is 4. The van der Waals surface area contributed by atoms with E-state index in [4.69, 9.17) is 9.72 Å². The van der Waals surface area contributed by atoms with Gasteiger partial charge in [-0.2, -0.15) is 0 Å². The van der Waals surface area contributed by atoms with Gasteiger partial charge in [0.05, 0.1) is 22.7 Å². The Kier molecular flexibility index (Phi) is 7.63. The number of rotatable bonds is 1. The molecule has 1 saturated carbocycles. The van der Waals surface area contributed by atoms with Crippen molar-refractivity contribution in [1.29, 1.82) is 0 Å². The van der Waals surface area contributed by atoms with Gasteiger partial charge in [-0.3, -0.25) is 29.2 Å². The second-order valence-electron chi connectivity index (χ2n) is 11.7. The minimum absolute atomic E-state index is 0.0726. The molecule has 2 aromatic rings. The summed E-state index contributed by atoms with van der Waals surface area (Å²) in [7, 11) is 0. The molecule has 0 spiro atoms. The summed E-state index contributed by atoms with van der Waals surface area (Å²) in [5.41, 5.74) is 4.37. The first-order valence-electron chi connectivity index (χ1n) is 14.0. The second-order valence-corrected chi connectivity index (χ2v) is 11.7. The van der Waals surface area contributed by atoms with Crippen LogP contribution in [-0.4, -0.2) is 58.4 Å². The monoisotopic (exact) mass is 547 g/mol. The molecule has 2 aliphatic heterocycles. The Labute approximate surface area is 233 Å².